The van der Waals surface area contributed by atoms with Crippen LogP contribution in [0.2, 0.25) is 0 Å². The van der Waals surface area contributed by atoms with Gasteiger partial charge in [-0.1, -0.05) is 0 Å². The van der Waals surface area contributed by atoms with Crippen molar-refractivity contribution in [2.24, 2.45) is 11.1 Å². The lowest BCUT2D eigenvalue weighted by Crippen LogP contribution is -2.37. The summed E-state index contributed by atoms with van der Waals surface area (Å²) in [5, 5.41) is 11.5. The van der Waals surface area contributed by atoms with Crippen LogP contribution in [-0.4, -0.2) is 19.0 Å². The molecule has 1 amide bonds. The third-order valence-corrected chi connectivity index (χ3v) is 1.84. The molecule has 0 saturated carbocycles. The van der Waals surface area contributed by atoms with E-state index in [1.165, 1.54) is 0 Å². The van der Waals surface area contributed by atoms with Gasteiger partial charge in [-0.25, -0.2) is 0 Å². The van der Waals surface area contributed by atoms with E-state index in [-0.39, 0.29) is 0 Å². The van der Waals surface area contributed by atoms with E-state index in [2.05, 4.69) is 5.32 Å². The molecule has 0 aliphatic carbocycles. The summed E-state index contributed by atoms with van der Waals surface area (Å²) in [4.78, 5) is 10.7. The van der Waals surface area contributed by atoms with E-state index in [4.69, 9.17) is 11.0 Å². The third-order valence-electron chi connectivity index (χ3n) is 1.84. The Morgan fingerprint density at radius 1 is 1.80 bits per heavy atom. The maximum Gasteiger partial charge on any atom is 0.239 e. The Balaban J connectivity index is 2.80. The molecule has 0 spiro atoms. The van der Waals surface area contributed by atoms with Crippen molar-refractivity contribution >= 4 is 5.91 Å². The van der Waals surface area contributed by atoms with Crippen LogP contribution in [0.3, 0.4) is 0 Å². The van der Waals surface area contributed by atoms with Crippen molar-refractivity contribution in [1.82, 2.24) is 5.32 Å². The van der Waals surface area contributed by atoms with Crippen LogP contribution in [-0.2, 0) is 4.79 Å². The number of nitriles is 1. The highest BCUT2D eigenvalue weighted by Crippen LogP contribution is 2.22. The zero-order valence-electron chi connectivity index (χ0n) is 5.55. The van der Waals surface area contributed by atoms with Crippen LogP contribution in [0.25, 0.3) is 0 Å². The number of nitrogens with one attached hydrogen (secondary N) is 1. The Kier molecular flexibility index (Phi) is 1.60. The van der Waals surface area contributed by atoms with Crippen LogP contribution in [0.5, 0.6) is 0 Å². The highest BCUT2D eigenvalue weighted by molar-refractivity contribution is 5.84. The molecule has 0 bridgehead atoms. The van der Waals surface area contributed by atoms with Gasteiger partial charge in [0.05, 0.1) is 6.07 Å². The van der Waals surface area contributed by atoms with Crippen molar-refractivity contribution in [1.29, 1.82) is 5.26 Å². The summed E-state index contributed by atoms with van der Waals surface area (Å²) in [5.74, 6) is -0.514. The van der Waals surface area contributed by atoms with Gasteiger partial charge in [0.2, 0.25) is 5.91 Å². The van der Waals surface area contributed by atoms with E-state index in [1.54, 1.807) is 0 Å². The maximum absolute atomic E-state index is 10.7. The molecular formula is C6H9N3O. The number of carbonyl (C=O) groups is 1. The van der Waals surface area contributed by atoms with Gasteiger partial charge in [0.15, 0.2) is 0 Å². The van der Waals surface area contributed by atoms with Crippen LogP contribution in [0.1, 0.15) is 6.42 Å². The number of rotatable bonds is 1. The highest BCUT2D eigenvalue weighted by Gasteiger charge is 2.39. The molecule has 3 N–H and O–H groups in total. The lowest BCUT2D eigenvalue weighted by Gasteiger charge is -2.12. The first-order chi connectivity index (χ1) is 4.71. The molecule has 0 radical (unpaired) electrons. The molecule has 0 aromatic rings. The Morgan fingerprint density at radius 3 is 2.70 bits per heavy atom. The zero-order chi connectivity index (χ0) is 7.61. The molecule has 1 saturated heterocycles. The Hall–Kier alpha value is -1.08. The normalized spacial score (nSPS) is 31.5. The second-order valence-electron chi connectivity index (χ2n) is 2.48. The fourth-order valence-corrected chi connectivity index (χ4v) is 1.05. The van der Waals surface area contributed by atoms with E-state index in [1.807, 2.05) is 6.07 Å². The zero-order valence-corrected chi connectivity index (χ0v) is 5.55. The summed E-state index contributed by atoms with van der Waals surface area (Å²) in [5.41, 5.74) is 4.11. The number of nitrogens with zero attached hydrogens (tertiary/aromatic N) is 1. The third kappa shape index (κ3) is 0.847. The van der Waals surface area contributed by atoms with Gasteiger partial charge < -0.3 is 11.1 Å². The second kappa shape index (κ2) is 2.27. The van der Waals surface area contributed by atoms with Crippen molar-refractivity contribution in [3.05, 3.63) is 0 Å². The van der Waals surface area contributed by atoms with Gasteiger partial charge in [0, 0.05) is 6.54 Å². The summed E-state index contributed by atoms with van der Waals surface area (Å²) in [6.07, 6.45) is 0.541. The molecule has 4 nitrogen and oxygen atoms in total. The lowest BCUT2D eigenvalue weighted by atomic mass is 9.88. The molecule has 1 unspecified atom stereocenters. The van der Waals surface area contributed by atoms with Crippen molar-refractivity contribution in [3.8, 4) is 6.07 Å². The Bertz CT molecular complexity index is 188. The molecule has 1 aliphatic rings. The summed E-state index contributed by atoms with van der Waals surface area (Å²) in [6, 6.07) is 1.94. The van der Waals surface area contributed by atoms with Gasteiger partial charge in [-0.2, -0.15) is 5.26 Å². The first-order valence-corrected chi connectivity index (χ1v) is 3.13. The van der Waals surface area contributed by atoms with Crippen LogP contribution >= 0.6 is 0 Å². The van der Waals surface area contributed by atoms with Crippen LogP contribution in [0.4, 0.5) is 0 Å². The van der Waals surface area contributed by atoms with Crippen LogP contribution in [0.15, 0.2) is 0 Å². The molecule has 1 heterocycles. The highest BCUT2D eigenvalue weighted by atomic mass is 16.1. The number of amides is 1. The van der Waals surface area contributed by atoms with E-state index in [0.717, 1.165) is 0 Å². The van der Waals surface area contributed by atoms with Crippen molar-refractivity contribution in [2.75, 3.05) is 13.1 Å². The molecular weight excluding hydrogens is 130 g/mol. The molecule has 10 heavy (non-hydrogen) atoms. The number of carbonyl (C=O) groups excluding carboxylic acids is 1. The SMILES string of the molecule is N#CC1(C(N)=O)CCNC1. The Morgan fingerprint density at radius 2 is 2.50 bits per heavy atom. The van der Waals surface area contributed by atoms with Gasteiger partial charge >= 0.3 is 0 Å². The van der Waals surface area contributed by atoms with E-state index in [9.17, 15) is 4.79 Å². The minimum absolute atomic E-state index is 0.402. The number of hydrogen-bond acceptors (Lipinski definition) is 3. The number of hydrogen-bond donors (Lipinski definition) is 2. The molecule has 54 valence electrons. The van der Waals surface area contributed by atoms with Gasteiger partial charge in [-0.3, -0.25) is 4.79 Å². The molecule has 1 atom stereocenters. The monoisotopic (exact) mass is 139 g/mol. The minimum atomic E-state index is -0.931. The van der Waals surface area contributed by atoms with Crippen molar-refractivity contribution in [2.45, 2.75) is 6.42 Å². The second-order valence-corrected chi connectivity index (χ2v) is 2.48. The summed E-state index contributed by atoms with van der Waals surface area (Å²) < 4.78 is 0. The van der Waals surface area contributed by atoms with Crippen molar-refractivity contribution in [3.63, 3.8) is 0 Å². The van der Waals surface area contributed by atoms with Crippen LogP contribution < -0.4 is 11.1 Å². The van der Waals surface area contributed by atoms with E-state index in [0.29, 0.717) is 19.5 Å². The number of nitrogens with two attached hydrogens (primary N) is 1. The molecule has 0 aromatic carbocycles. The molecule has 4 heteroatoms. The fraction of sp³-hybridized carbons (Fsp3) is 0.667. The smallest absolute Gasteiger partial charge is 0.239 e. The molecule has 1 rings (SSSR count). The Labute approximate surface area is 59.0 Å². The van der Waals surface area contributed by atoms with E-state index < -0.39 is 11.3 Å². The summed E-state index contributed by atoms with van der Waals surface area (Å²) in [7, 11) is 0. The molecule has 0 aromatic heterocycles. The predicted octanol–water partition coefficient (Wildman–Crippen LogP) is -1.03. The van der Waals surface area contributed by atoms with Gasteiger partial charge in [-0.15, -0.1) is 0 Å². The summed E-state index contributed by atoms with van der Waals surface area (Å²) >= 11 is 0. The standard InChI is InChI=1S/C6H9N3O/c7-3-6(5(8)10)1-2-9-4-6/h9H,1-2,4H2,(H2,8,10). The van der Waals surface area contributed by atoms with Gasteiger partial charge in [0.25, 0.3) is 0 Å². The molecule has 1 aliphatic heterocycles. The quantitative estimate of drug-likeness (QED) is 0.487. The average molecular weight is 139 g/mol. The van der Waals surface area contributed by atoms with Crippen molar-refractivity contribution < 1.29 is 4.79 Å². The minimum Gasteiger partial charge on any atom is -0.368 e. The largest absolute Gasteiger partial charge is 0.368 e. The van der Waals surface area contributed by atoms with E-state index >= 15 is 0 Å². The fourth-order valence-electron chi connectivity index (χ4n) is 1.05. The number of primary amides is 1. The maximum atomic E-state index is 10.7. The topological polar surface area (TPSA) is 78.9 Å². The lowest BCUT2D eigenvalue weighted by molar-refractivity contribution is -0.124. The predicted molar refractivity (Wildman–Crippen MR) is 34.7 cm³/mol. The first-order valence-electron chi connectivity index (χ1n) is 3.13. The van der Waals surface area contributed by atoms with Gasteiger partial charge in [-0.05, 0) is 13.0 Å². The van der Waals surface area contributed by atoms with Gasteiger partial charge in [0.1, 0.15) is 5.41 Å². The average Bonchev–Trinajstić information content (AvgIpc) is 2.35. The summed E-state index contributed by atoms with van der Waals surface area (Å²) in [6.45, 7) is 1.11. The van der Waals surface area contributed by atoms with Crippen LogP contribution in [0, 0.1) is 16.7 Å². The molecule has 1 fully saturated rings. The first kappa shape index (κ1) is 7.03.